The van der Waals surface area contributed by atoms with Gasteiger partial charge in [-0.05, 0) is 18.6 Å². The van der Waals surface area contributed by atoms with E-state index in [0.29, 0.717) is 12.1 Å². The second-order valence-corrected chi connectivity index (χ2v) is 4.59. The number of benzene rings is 1. The van der Waals surface area contributed by atoms with Gasteiger partial charge < -0.3 is 0 Å². The van der Waals surface area contributed by atoms with Crippen LogP contribution in [0.5, 0.6) is 0 Å². The molecule has 0 fully saturated rings. The van der Waals surface area contributed by atoms with Crippen molar-refractivity contribution in [2.24, 2.45) is 0 Å². The van der Waals surface area contributed by atoms with E-state index in [1.54, 1.807) is 6.20 Å². The Morgan fingerprint density at radius 3 is 2.68 bits per heavy atom. The Kier molecular flexibility index (Phi) is 4.84. The van der Waals surface area contributed by atoms with E-state index in [0.717, 1.165) is 18.5 Å². The van der Waals surface area contributed by atoms with Crippen molar-refractivity contribution in [1.82, 2.24) is 15.0 Å². The van der Waals surface area contributed by atoms with Crippen LogP contribution in [0.15, 0.2) is 36.5 Å². The normalized spacial score (nSPS) is 10.6. The maximum Gasteiger partial charge on any atom is 0.184 e. The highest BCUT2D eigenvalue weighted by Crippen LogP contribution is 2.09. The maximum atomic E-state index is 11.9. The summed E-state index contributed by atoms with van der Waals surface area (Å²) in [6.45, 7) is 2.16. The molecule has 0 radical (unpaired) electrons. The van der Waals surface area contributed by atoms with Crippen molar-refractivity contribution in [3.63, 3.8) is 0 Å². The molecule has 0 N–H and O–H groups in total. The molecule has 100 valence electrons. The first-order valence-electron chi connectivity index (χ1n) is 6.82. The molecule has 1 aromatic heterocycles. The van der Waals surface area contributed by atoms with Crippen LogP contribution < -0.4 is 0 Å². The first-order chi connectivity index (χ1) is 9.31. The van der Waals surface area contributed by atoms with Gasteiger partial charge in [0.05, 0.1) is 11.9 Å². The van der Waals surface area contributed by atoms with Crippen molar-refractivity contribution >= 4 is 5.78 Å². The van der Waals surface area contributed by atoms with Gasteiger partial charge in [0.25, 0.3) is 0 Å². The number of hydrogen-bond acceptors (Lipinski definition) is 3. The van der Waals surface area contributed by atoms with Crippen LogP contribution in [-0.2, 0) is 0 Å². The monoisotopic (exact) mass is 257 g/mol. The highest BCUT2D eigenvalue weighted by molar-refractivity contribution is 5.93. The number of hydrogen-bond donors (Lipinski definition) is 0. The predicted octanol–water partition coefficient (Wildman–Crippen LogP) is 3.42. The summed E-state index contributed by atoms with van der Waals surface area (Å²) in [6, 6.07) is 9.60. The van der Waals surface area contributed by atoms with Crippen molar-refractivity contribution in [1.29, 1.82) is 0 Å². The van der Waals surface area contributed by atoms with E-state index >= 15 is 0 Å². The van der Waals surface area contributed by atoms with Crippen LogP contribution in [0.2, 0.25) is 0 Å². The lowest BCUT2D eigenvalue weighted by Gasteiger charge is -1.98. The molecule has 0 amide bonds. The second kappa shape index (κ2) is 6.83. The molecule has 0 unspecified atom stereocenters. The van der Waals surface area contributed by atoms with Crippen LogP contribution in [0, 0.1) is 0 Å². The highest BCUT2D eigenvalue weighted by Gasteiger charge is 2.10. The van der Waals surface area contributed by atoms with Crippen molar-refractivity contribution < 1.29 is 4.79 Å². The minimum Gasteiger partial charge on any atom is -0.292 e. The molecule has 0 aliphatic rings. The molecule has 19 heavy (non-hydrogen) atoms. The van der Waals surface area contributed by atoms with E-state index in [2.05, 4.69) is 17.1 Å². The number of ketones is 1. The Morgan fingerprint density at radius 1 is 1.16 bits per heavy atom. The number of aromatic nitrogens is 3. The molecule has 0 bridgehead atoms. The number of carbonyl (C=O) groups excluding carboxylic acids is 1. The number of unbranched alkanes of at least 4 members (excludes halogenated alkanes) is 3. The molecule has 0 atom stereocenters. The van der Waals surface area contributed by atoms with Crippen molar-refractivity contribution in [3.05, 3.63) is 42.2 Å². The minimum absolute atomic E-state index is 0.0817. The highest BCUT2D eigenvalue weighted by atomic mass is 16.1. The molecule has 0 spiro atoms. The lowest BCUT2D eigenvalue weighted by Crippen LogP contribution is -2.03. The largest absolute Gasteiger partial charge is 0.292 e. The Labute approximate surface area is 113 Å². The molecular weight excluding hydrogens is 238 g/mol. The zero-order chi connectivity index (χ0) is 13.5. The van der Waals surface area contributed by atoms with Crippen molar-refractivity contribution in [3.8, 4) is 5.69 Å². The summed E-state index contributed by atoms with van der Waals surface area (Å²) in [7, 11) is 0. The second-order valence-electron chi connectivity index (χ2n) is 4.59. The fraction of sp³-hybridized carbons (Fsp3) is 0.400. The van der Waals surface area contributed by atoms with E-state index in [4.69, 9.17) is 0 Å². The summed E-state index contributed by atoms with van der Waals surface area (Å²) in [4.78, 5) is 13.4. The van der Waals surface area contributed by atoms with E-state index in [-0.39, 0.29) is 5.78 Å². The van der Waals surface area contributed by atoms with Gasteiger partial charge in [0.2, 0.25) is 0 Å². The first-order valence-corrected chi connectivity index (χ1v) is 6.82. The topological polar surface area (TPSA) is 47.8 Å². The van der Waals surface area contributed by atoms with Gasteiger partial charge in [0.15, 0.2) is 5.78 Å². The molecule has 0 saturated heterocycles. The molecular formula is C15H19N3O. The molecule has 4 nitrogen and oxygen atoms in total. The average Bonchev–Trinajstić information content (AvgIpc) is 2.94. The Bertz CT molecular complexity index is 519. The van der Waals surface area contributed by atoms with Gasteiger partial charge in [0, 0.05) is 6.42 Å². The zero-order valence-corrected chi connectivity index (χ0v) is 11.2. The fourth-order valence-corrected chi connectivity index (χ4v) is 1.92. The number of rotatable bonds is 7. The van der Waals surface area contributed by atoms with Gasteiger partial charge in [-0.25, -0.2) is 0 Å². The van der Waals surface area contributed by atoms with E-state index in [1.165, 1.54) is 17.6 Å². The van der Waals surface area contributed by atoms with Gasteiger partial charge in [0.1, 0.15) is 5.69 Å². The molecule has 4 heteroatoms. The summed E-state index contributed by atoms with van der Waals surface area (Å²) in [5.74, 6) is 0.0817. The molecule has 0 saturated carbocycles. The van der Waals surface area contributed by atoms with Gasteiger partial charge in [-0.1, -0.05) is 44.4 Å². The lowest BCUT2D eigenvalue weighted by atomic mass is 10.1. The SMILES string of the molecule is CCCCCCC(=O)c1cnn(-c2ccccc2)n1. The van der Waals surface area contributed by atoms with Crippen molar-refractivity contribution in [2.45, 2.75) is 39.0 Å². The Morgan fingerprint density at radius 2 is 1.95 bits per heavy atom. The molecule has 2 aromatic rings. The fourth-order valence-electron chi connectivity index (χ4n) is 1.92. The summed E-state index contributed by atoms with van der Waals surface area (Å²) in [5.41, 5.74) is 1.33. The first kappa shape index (κ1) is 13.5. The van der Waals surface area contributed by atoms with Crippen LogP contribution in [0.4, 0.5) is 0 Å². The zero-order valence-electron chi connectivity index (χ0n) is 11.2. The molecule has 0 aliphatic heterocycles. The van der Waals surface area contributed by atoms with Gasteiger partial charge >= 0.3 is 0 Å². The average molecular weight is 257 g/mol. The van der Waals surface area contributed by atoms with Crippen LogP contribution in [0.25, 0.3) is 5.69 Å². The standard InChI is InChI=1S/C15H19N3O/c1-2-3-4-8-11-15(19)14-12-16-18(17-14)13-9-6-5-7-10-13/h5-7,9-10,12H,2-4,8,11H2,1H3. The molecule has 2 rings (SSSR count). The Balaban J connectivity index is 1.95. The molecule has 1 heterocycles. The van der Waals surface area contributed by atoms with Crippen molar-refractivity contribution in [2.75, 3.05) is 0 Å². The minimum atomic E-state index is 0.0817. The third-order valence-corrected chi connectivity index (χ3v) is 3.02. The molecule has 0 aliphatic carbocycles. The van der Waals surface area contributed by atoms with Crippen LogP contribution >= 0.6 is 0 Å². The van der Waals surface area contributed by atoms with E-state index in [9.17, 15) is 4.79 Å². The van der Waals surface area contributed by atoms with E-state index in [1.807, 2.05) is 30.3 Å². The quantitative estimate of drug-likeness (QED) is 0.564. The van der Waals surface area contributed by atoms with Gasteiger partial charge in [-0.3, -0.25) is 4.79 Å². The third-order valence-electron chi connectivity index (χ3n) is 3.02. The number of nitrogens with zero attached hydrogens (tertiary/aromatic N) is 3. The van der Waals surface area contributed by atoms with E-state index < -0.39 is 0 Å². The lowest BCUT2D eigenvalue weighted by molar-refractivity contribution is 0.0974. The number of carbonyl (C=O) groups is 1. The number of Topliss-reactive ketones (excluding diaryl/α,β-unsaturated/α-hetero) is 1. The third kappa shape index (κ3) is 3.74. The van der Waals surface area contributed by atoms with Crippen LogP contribution in [0.1, 0.15) is 49.5 Å². The summed E-state index contributed by atoms with van der Waals surface area (Å²) < 4.78 is 0. The summed E-state index contributed by atoms with van der Waals surface area (Å²) >= 11 is 0. The summed E-state index contributed by atoms with van der Waals surface area (Å²) in [5, 5.41) is 8.37. The smallest absolute Gasteiger partial charge is 0.184 e. The van der Waals surface area contributed by atoms with Gasteiger partial charge in [-0.2, -0.15) is 9.90 Å². The van der Waals surface area contributed by atoms with Crippen LogP contribution in [0.3, 0.4) is 0 Å². The van der Waals surface area contributed by atoms with Gasteiger partial charge in [-0.15, -0.1) is 5.10 Å². The molecule has 1 aromatic carbocycles. The van der Waals surface area contributed by atoms with Crippen LogP contribution in [-0.4, -0.2) is 20.8 Å². The maximum absolute atomic E-state index is 11.9. The Hall–Kier alpha value is -1.97. The predicted molar refractivity (Wildman–Crippen MR) is 74.4 cm³/mol. The number of para-hydroxylation sites is 1. The summed E-state index contributed by atoms with van der Waals surface area (Å²) in [6.07, 6.45) is 6.52.